The van der Waals surface area contributed by atoms with E-state index in [0.29, 0.717) is 24.2 Å². The molecule has 0 radical (unpaired) electrons. The zero-order valence-electron chi connectivity index (χ0n) is 15.5. The zero-order chi connectivity index (χ0) is 19.3. The van der Waals surface area contributed by atoms with Gasteiger partial charge in [0, 0.05) is 25.2 Å². The van der Waals surface area contributed by atoms with Gasteiger partial charge in [-0.25, -0.2) is 0 Å². The lowest BCUT2D eigenvalue weighted by atomic mass is 9.97. The fourth-order valence-electron chi connectivity index (χ4n) is 3.77. The molecule has 6 nitrogen and oxygen atoms in total. The summed E-state index contributed by atoms with van der Waals surface area (Å²) in [5.74, 6) is 0.144. The van der Waals surface area contributed by atoms with Gasteiger partial charge in [-0.2, -0.15) is 10.2 Å². The minimum absolute atomic E-state index is 0.0278. The highest BCUT2D eigenvalue weighted by Gasteiger charge is 2.25. The molecule has 0 saturated carbocycles. The Bertz CT molecular complexity index is 985. The summed E-state index contributed by atoms with van der Waals surface area (Å²) in [6.45, 7) is 1.92. The highest BCUT2D eigenvalue weighted by atomic mass is 16.2. The van der Waals surface area contributed by atoms with Gasteiger partial charge in [-0.05, 0) is 41.7 Å². The van der Waals surface area contributed by atoms with E-state index in [4.69, 9.17) is 0 Å². The summed E-state index contributed by atoms with van der Waals surface area (Å²) in [5.41, 5.74) is 1.24. The topological polar surface area (TPSA) is 75.2 Å². The molecule has 1 fully saturated rings. The maximum atomic E-state index is 12.7. The average Bonchev–Trinajstić information content (AvgIpc) is 2.77. The fourth-order valence-corrected chi connectivity index (χ4v) is 3.77. The van der Waals surface area contributed by atoms with Gasteiger partial charge in [0.1, 0.15) is 0 Å². The van der Waals surface area contributed by atoms with Gasteiger partial charge in [0.25, 0.3) is 11.8 Å². The molecule has 142 valence electrons. The number of nitrogens with one attached hydrogen (secondary N) is 1. The Kier molecular flexibility index (Phi) is 5.28. The average molecular weight is 374 g/mol. The van der Waals surface area contributed by atoms with E-state index in [0.717, 1.165) is 30.2 Å². The van der Waals surface area contributed by atoms with Crippen LogP contribution in [-0.4, -0.2) is 46.5 Å². The second kappa shape index (κ2) is 8.17. The molecule has 1 aliphatic rings. The Balaban J connectivity index is 1.39. The quantitative estimate of drug-likeness (QED) is 0.762. The predicted molar refractivity (Wildman–Crippen MR) is 107 cm³/mol. The van der Waals surface area contributed by atoms with Crippen molar-refractivity contribution in [3.63, 3.8) is 0 Å². The van der Waals surface area contributed by atoms with Crippen molar-refractivity contribution >= 4 is 22.6 Å². The molecule has 1 atom stereocenters. The third kappa shape index (κ3) is 3.86. The van der Waals surface area contributed by atoms with Crippen LogP contribution < -0.4 is 5.32 Å². The Labute approximate surface area is 163 Å². The van der Waals surface area contributed by atoms with Crippen LogP contribution in [0.2, 0.25) is 0 Å². The third-order valence-corrected chi connectivity index (χ3v) is 5.22. The highest BCUT2D eigenvalue weighted by molar-refractivity contribution is 6.07. The normalized spacial score (nSPS) is 16.7. The Morgan fingerprint density at radius 2 is 1.93 bits per heavy atom. The second-order valence-electron chi connectivity index (χ2n) is 7.13. The second-order valence-corrected chi connectivity index (χ2v) is 7.13. The van der Waals surface area contributed by atoms with Crippen molar-refractivity contribution in [1.82, 2.24) is 20.4 Å². The monoisotopic (exact) mass is 374 g/mol. The van der Waals surface area contributed by atoms with Crippen molar-refractivity contribution in [2.75, 3.05) is 19.6 Å². The van der Waals surface area contributed by atoms with E-state index in [9.17, 15) is 9.59 Å². The van der Waals surface area contributed by atoms with Crippen molar-refractivity contribution in [2.24, 2.45) is 5.92 Å². The minimum atomic E-state index is -0.0708. The van der Waals surface area contributed by atoms with E-state index in [1.807, 2.05) is 47.4 Å². The molecule has 0 bridgehead atoms. The molecule has 0 unspecified atom stereocenters. The highest BCUT2D eigenvalue weighted by Crippen LogP contribution is 2.20. The van der Waals surface area contributed by atoms with Crippen LogP contribution in [0.3, 0.4) is 0 Å². The van der Waals surface area contributed by atoms with E-state index in [-0.39, 0.29) is 17.7 Å². The molecular weight excluding hydrogens is 352 g/mol. The number of fused-ring (bicyclic) bond motifs is 1. The van der Waals surface area contributed by atoms with E-state index in [1.165, 1.54) is 12.4 Å². The SMILES string of the molecule is O=C(NC[C@H]1CCCN(C(=O)c2ccnnc2)C1)c1cccc2ccccc12. The molecule has 2 heterocycles. The van der Waals surface area contributed by atoms with Crippen LogP contribution in [0.1, 0.15) is 33.6 Å². The summed E-state index contributed by atoms with van der Waals surface area (Å²) in [5, 5.41) is 12.6. The van der Waals surface area contributed by atoms with Gasteiger partial charge in [0.15, 0.2) is 0 Å². The fraction of sp³-hybridized carbons (Fsp3) is 0.273. The first-order chi connectivity index (χ1) is 13.7. The van der Waals surface area contributed by atoms with Crippen molar-refractivity contribution in [2.45, 2.75) is 12.8 Å². The molecule has 28 heavy (non-hydrogen) atoms. The van der Waals surface area contributed by atoms with Gasteiger partial charge in [0.05, 0.1) is 18.0 Å². The molecule has 1 aliphatic heterocycles. The molecular formula is C22H22N4O2. The Morgan fingerprint density at radius 1 is 1.07 bits per heavy atom. The van der Waals surface area contributed by atoms with E-state index >= 15 is 0 Å². The largest absolute Gasteiger partial charge is 0.352 e. The van der Waals surface area contributed by atoms with Gasteiger partial charge in [-0.3, -0.25) is 9.59 Å². The summed E-state index contributed by atoms with van der Waals surface area (Å²) >= 11 is 0. The zero-order valence-corrected chi connectivity index (χ0v) is 15.5. The number of hydrogen-bond acceptors (Lipinski definition) is 4. The summed E-state index contributed by atoms with van der Waals surface area (Å²) in [7, 11) is 0. The van der Waals surface area contributed by atoms with Crippen molar-refractivity contribution in [3.05, 3.63) is 72.1 Å². The number of hydrogen-bond donors (Lipinski definition) is 1. The lowest BCUT2D eigenvalue weighted by molar-refractivity contribution is 0.0670. The first-order valence-corrected chi connectivity index (χ1v) is 9.54. The number of rotatable bonds is 4. The maximum Gasteiger partial charge on any atom is 0.255 e. The summed E-state index contributed by atoms with van der Waals surface area (Å²) < 4.78 is 0. The summed E-state index contributed by atoms with van der Waals surface area (Å²) in [6, 6.07) is 15.3. The van der Waals surface area contributed by atoms with Gasteiger partial charge in [-0.15, -0.1) is 0 Å². The number of aromatic nitrogens is 2. The molecule has 4 rings (SSSR count). The van der Waals surface area contributed by atoms with E-state index < -0.39 is 0 Å². The Hall–Kier alpha value is -3.28. The molecule has 6 heteroatoms. The molecule has 1 aromatic heterocycles. The lowest BCUT2D eigenvalue weighted by Crippen LogP contribution is -2.43. The van der Waals surface area contributed by atoms with E-state index in [2.05, 4.69) is 15.5 Å². The molecule has 2 aromatic carbocycles. The van der Waals surface area contributed by atoms with Crippen LogP contribution in [0, 0.1) is 5.92 Å². The smallest absolute Gasteiger partial charge is 0.255 e. The first-order valence-electron chi connectivity index (χ1n) is 9.54. The summed E-state index contributed by atoms with van der Waals surface area (Å²) in [6.07, 6.45) is 4.94. The molecule has 2 amide bonds. The van der Waals surface area contributed by atoms with Crippen LogP contribution in [0.5, 0.6) is 0 Å². The third-order valence-electron chi connectivity index (χ3n) is 5.22. The van der Waals surface area contributed by atoms with E-state index in [1.54, 1.807) is 6.07 Å². The molecule has 1 saturated heterocycles. The minimum Gasteiger partial charge on any atom is -0.352 e. The standard InChI is InChI=1S/C22H22N4O2/c27-21(20-9-3-7-17-6-1-2-8-19(17)20)23-13-16-5-4-12-26(15-16)22(28)18-10-11-24-25-14-18/h1-3,6-11,14,16H,4-5,12-13,15H2,(H,23,27)/t16-/m1/s1. The first kappa shape index (κ1) is 18.1. The Morgan fingerprint density at radius 3 is 2.79 bits per heavy atom. The molecule has 3 aromatic rings. The van der Waals surface area contributed by atoms with Crippen LogP contribution in [0.15, 0.2) is 60.9 Å². The number of likely N-dealkylation sites (tertiary alicyclic amines) is 1. The van der Waals surface area contributed by atoms with Crippen LogP contribution in [0.4, 0.5) is 0 Å². The molecule has 0 spiro atoms. The number of piperidine rings is 1. The number of benzene rings is 2. The number of amides is 2. The van der Waals surface area contributed by atoms with Crippen molar-refractivity contribution < 1.29 is 9.59 Å². The van der Waals surface area contributed by atoms with Gasteiger partial charge in [-0.1, -0.05) is 36.4 Å². The molecule has 1 N–H and O–H groups in total. The molecule has 0 aliphatic carbocycles. The van der Waals surface area contributed by atoms with Gasteiger partial charge >= 0.3 is 0 Å². The summed E-state index contributed by atoms with van der Waals surface area (Å²) in [4.78, 5) is 27.2. The maximum absolute atomic E-state index is 12.7. The lowest BCUT2D eigenvalue weighted by Gasteiger charge is -2.32. The van der Waals surface area contributed by atoms with Crippen molar-refractivity contribution in [3.8, 4) is 0 Å². The van der Waals surface area contributed by atoms with Crippen LogP contribution >= 0.6 is 0 Å². The number of carbonyl (C=O) groups excluding carboxylic acids is 2. The number of nitrogens with zero attached hydrogens (tertiary/aromatic N) is 3. The number of carbonyl (C=O) groups is 2. The van der Waals surface area contributed by atoms with Crippen LogP contribution in [0.25, 0.3) is 10.8 Å². The predicted octanol–water partition coefficient (Wildman–Crippen LogP) is 2.91. The van der Waals surface area contributed by atoms with Gasteiger partial charge in [0.2, 0.25) is 0 Å². The van der Waals surface area contributed by atoms with Gasteiger partial charge < -0.3 is 10.2 Å². The van der Waals surface area contributed by atoms with Crippen LogP contribution in [-0.2, 0) is 0 Å². The van der Waals surface area contributed by atoms with Crippen molar-refractivity contribution in [1.29, 1.82) is 0 Å².